The summed E-state index contributed by atoms with van der Waals surface area (Å²) in [6.45, 7) is 3.07. The maximum atomic E-state index is 11.4. The first-order valence-electron chi connectivity index (χ1n) is 5.65. The Morgan fingerprint density at radius 3 is 2.94 bits per heavy atom. The van der Waals surface area contributed by atoms with Gasteiger partial charge in [0.05, 0.1) is 5.92 Å². The average Bonchev–Trinajstić information content (AvgIpc) is 2.52. The molecule has 0 aromatic carbocycles. The predicted molar refractivity (Wildman–Crippen MR) is 64.4 cm³/mol. The quantitative estimate of drug-likeness (QED) is 0.736. The number of aromatic nitrogens is 2. The van der Waals surface area contributed by atoms with E-state index in [1.54, 1.807) is 6.20 Å². The Hall–Kier alpha value is -1.69. The summed E-state index contributed by atoms with van der Waals surface area (Å²) in [6.07, 6.45) is 3.22. The summed E-state index contributed by atoms with van der Waals surface area (Å²) in [6, 6.07) is 1.85. The summed E-state index contributed by atoms with van der Waals surface area (Å²) in [7, 11) is 2.00. The molecule has 6 nitrogen and oxygen atoms in total. The summed E-state index contributed by atoms with van der Waals surface area (Å²) in [5.41, 5.74) is 5.41. The first kappa shape index (κ1) is 11.8. The molecule has 1 atom stereocenters. The lowest BCUT2D eigenvalue weighted by Gasteiger charge is -2.23. The molecule has 17 heavy (non-hydrogen) atoms. The van der Waals surface area contributed by atoms with Gasteiger partial charge in [-0.15, -0.1) is 0 Å². The largest absolute Gasteiger partial charge is 0.369 e. The highest BCUT2D eigenvalue weighted by atomic mass is 16.1. The van der Waals surface area contributed by atoms with Crippen LogP contribution in [0.4, 0.5) is 5.82 Å². The van der Waals surface area contributed by atoms with Crippen LogP contribution in [0, 0.1) is 5.92 Å². The van der Waals surface area contributed by atoms with Crippen LogP contribution in [-0.4, -0.2) is 54.0 Å². The van der Waals surface area contributed by atoms with Gasteiger partial charge < -0.3 is 15.5 Å². The van der Waals surface area contributed by atoms with Gasteiger partial charge in [0.1, 0.15) is 12.1 Å². The second-order valence-electron chi connectivity index (χ2n) is 4.38. The minimum Gasteiger partial charge on any atom is -0.369 e. The van der Waals surface area contributed by atoms with E-state index < -0.39 is 0 Å². The Bertz CT molecular complexity index is 383. The monoisotopic (exact) mass is 235 g/mol. The molecule has 0 saturated carbocycles. The van der Waals surface area contributed by atoms with Gasteiger partial charge in [0.15, 0.2) is 0 Å². The Labute approximate surface area is 100 Å². The SMILES string of the molecule is CN1CCN(c2ccncn2)C[C@@H](C(N)=O)C1. The number of carbonyl (C=O) groups excluding carboxylic acids is 1. The Kier molecular flexibility index (Phi) is 3.53. The van der Waals surface area contributed by atoms with E-state index in [1.807, 2.05) is 13.1 Å². The number of likely N-dealkylation sites (N-methyl/N-ethyl adjacent to an activating group) is 1. The van der Waals surface area contributed by atoms with Crippen molar-refractivity contribution < 1.29 is 4.79 Å². The van der Waals surface area contributed by atoms with Gasteiger partial charge in [0, 0.05) is 32.4 Å². The van der Waals surface area contributed by atoms with Crippen molar-refractivity contribution in [1.82, 2.24) is 14.9 Å². The van der Waals surface area contributed by atoms with Crippen molar-refractivity contribution in [2.75, 3.05) is 38.1 Å². The number of primary amides is 1. The van der Waals surface area contributed by atoms with Gasteiger partial charge >= 0.3 is 0 Å². The van der Waals surface area contributed by atoms with Crippen molar-refractivity contribution in [1.29, 1.82) is 0 Å². The van der Waals surface area contributed by atoms with E-state index in [9.17, 15) is 4.79 Å². The lowest BCUT2D eigenvalue weighted by Crippen LogP contribution is -2.38. The van der Waals surface area contributed by atoms with E-state index in [2.05, 4.69) is 19.8 Å². The number of nitrogens with two attached hydrogens (primary N) is 1. The number of hydrogen-bond donors (Lipinski definition) is 1. The maximum Gasteiger partial charge on any atom is 0.223 e. The minimum absolute atomic E-state index is 0.155. The van der Waals surface area contributed by atoms with E-state index in [1.165, 1.54) is 6.33 Å². The molecule has 1 fully saturated rings. The zero-order chi connectivity index (χ0) is 12.3. The smallest absolute Gasteiger partial charge is 0.223 e. The molecule has 92 valence electrons. The second kappa shape index (κ2) is 5.09. The molecule has 0 aliphatic carbocycles. The molecule has 1 aliphatic heterocycles. The molecular weight excluding hydrogens is 218 g/mol. The second-order valence-corrected chi connectivity index (χ2v) is 4.38. The van der Waals surface area contributed by atoms with Crippen molar-refractivity contribution >= 4 is 11.7 Å². The topological polar surface area (TPSA) is 75.3 Å². The zero-order valence-electron chi connectivity index (χ0n) is 9.91. The predicted octanol–water partition coefficient (Wildman–Crippen LogP) is -0.670. The van der Waals surface area contributed by atoms with Crippen molar-refractivity contribution in [3.05, 3.63) is 18.6 Å². The third kappa shape index (κ3) is 2.91. The number of anilines is 1. The number of carbonyl (C=O) groups is 1. The molecule has 1 aliphatic rings. The van der Waals surface area contributed by atoms with Gasteiger partial charge in [-0.3, -0.25) is 4.79 Å². The van der Waals surface area contributed by atoms with Crippen molar-refractivity contribution in [3.8, 4) is 0 Å². The zero-order valence-corrected chi connectivity index (χ0v) is 9.91. The van der Waals surface area contributed by atoms with E-state index in [-0.39, 0.29) is 11.8 Å². The molecule has 2 N–H and O–H groups in total. The lowest BCUT2D eigenvalue weighted by atomic mass is 10.1. The highest BCUT2D eigenvalue weighted by molar-refractivity contribution is 5.77. The molecule has 0 bridgehead atoms. The third-order valence-electron chi connectivity index (χ3n) is 3.02. The Morgan fingerprint density at radius 2 is 2.29 bits per heavy atom. The molecule has 1 aromatic heterocycles. The number of amides is 1. The van der Waals surface area contributed by atoms with Gasteiger partial charge in [0.2, 0.25) is 5.91 Å². The highest BCUT2D eigenvalue weighted by Crippen LogP contribution is 2.14. The molecule has 1 saturated heterocycles. The van der Waals surface area contributed by atoms with Gasteiger partial charge in [0.25, 0.3) is 0 Å². The normalized spacial score (nSPS) is 22.2. The van der Waals surface area contributed by atoms with Gasteiger partial charge in [-0.25, -0.2) is 9.97 Å². The fraction of sp³-hybridized carbons (Fsp3) is 0.545. The minimum atomic E-state index is -0.252. The maximum absolute atomic E-state index is 11.4. The van der Waals surface area contributed by atoms with E-state index in [0.717, 1.165) is 18.9 Å². The van der Waals surface area contributed by atoms with Gasteiger partial charge in [-0.05, 0) is 13.1 Å². The van der Waals surface area contributed by atoms with Crippen molar-refractivity contribution in [2.45, 2.75) is 0 Å². The molecule has 1 aromatic rings. The summed E-state index contributed by atoms with van der Waals surface area (Å²) in [5, 5.41) is 0. The molecule has 0 spiro atoms. The van der Waals surface area contributed by atoms with Crippen molar-refractivity contribution in [2.24, 2.45) is 11.7 Å². The van der Waals surface area contributed by atoms with Crippen molar-refractivity contribution in [3.63, 3.8) is 0 Å². The van der Waals surface area contributed by atoms with Crippen LogP contribution < -0.4 is 10.6 Å². The standard InChI is InChI=1S/C11H17N5O/c1-15-4-5-16(7-9(6-15)11(12)17)10-2-3-13-8-14-10/h2-3,8-9H,4-7H2,1H3,(H2,12,17)/t9-/m0/s1. The third-order valence-corrected chi connectivity index (χ3v) is 3.02. The van der Waals surface area contributed by atoms with Crippen LogP contribution in [0.5, 0.6) is 0 Å². The summed E-state index contributed by atoms with van der Waals surface area (Å²) >= 11 is 0. The molecule has 0 radical (unpaired) electrons. The Balaban J connectivity index is 2.15. The van der Waals surface area contributed by atoms with Crippen LogP contribution >= 0.6 is 0 Å². The first-order chi connectivity index (χ1) is 8.16. The molecular formula is C11H17N5O. The van der Waals surface area contributed by atoms with Crippen LogP contribution in [0.15, 0.2) is 18.6 Å². The lowest BCUT2D eigenvalue weighted by molar-refractivity contribution is -0.121. The van der Waals surface area contributed by atoms with Crippen LogP contribution in [0.3, 0.4) is 0 Å². The fourth-order valence-electron chi connectivity index (χ4n) is 2.03. The van der Waals surface area contributed by atoms with Gasteiger partial charge in [-0.2, -0.15) is 0 Å². The molecule has 2 rings (SSSR count). The highest BCUT2D eigenvalue weighted by Gasteiger charge is 2.25. The summed E-state index contributed by atoms with van der Waals surface area (Å²) in [4.78, 5) is 23.7. The molecule has 2 heterocycles. The number of rotatable bonds is 2. The van der Waals surface area contributed by atoms with Crippen LogP contribution in [0.2, 0.25) is 0 Å². The number of nitrogens with zero attached hydrogens (tertiary/aromatic N) is 4. The summed E-state index contributed by atoms with van der Waals surface area (Å²) < 4.78 is 0. The van der Waals surface area contributed by atoms with Crippen LogP contribution in [0.1, 0.15) is 0 Å². The van der Waals surface area contributed by atoms with Crippen LogP contribution in [-0.2, 0) is 4.79 Å². The summed E-state index contributed by atoms with van der Waals surface area (Å²) in [5.74, 6) is 0.442. The number of hydrogen-bond acceptors (Lipinski definition) is 5. The van der Waals surface area contributed by atoms with E-state index in [0.29, 0.717) is 13.1 Å². The molecule has 1 amide bonds. The first-order valence-corrected chi connectivity index (χ1v) is 5.65. The molecule has 0 unspecified atom stereocenters. The molecule has 6 heteroatoms. The fourth-order valence-corrected chi connectivity index (χ4v) is 2.03. The van der Waals surface area contributed by atoms with Gasteiger partial charge in [-0.1, -0.05) is 0 Å². The van der Waals surface area contributed by atoms with Crippen LogP contribution in [0.25, 0.3) is 0 Å². The Morgan fingerprint density at radius 1 is 1.47 bits per heavy atom. The van der Waals surface area contributed by atoms with E-state index >= 15 is 0 Å². The average molecular weight is 235 g/mol. The van der Waals surface area contributed by atoms with E-state index in [4.69, 9.17) is 5.73 Å².